The third-order valence-electron chi connectivity index (χ3n) is 3.30. The van der Waals surface area contributed by atoms with Gasteiger partial charge in [0.25, 0.3) is 5.91 Å². The second-order valence-corrected chi connectivity index (χ2v) is 6.15. The Morgan fingerprint density at radius 1 is 1.15 bits per heavy atom. The van der Waals surface area contributed by atoms with Crippen LogP contribution in [0.25, 0.3) is 0 Å². The lowest BCUT2D eigenvalue weighted by Gasteiger charge is -2.24. The molecule has 1 aromatic heterocycles. The third-order valence-corrected chi connectivity index (χ3v) is 3.30. The summed E-state index contributed by atoms with van der Waals surface area (Å²) in [7, 11) is 0. The predicted octanol–water partition coefficient (Wildman–Crippen LogP) is 3.03. The fourth-order valence-electron chi connectivity index (χ4n) is 1.88. The van der Waals surface area contributed by atoms with Crippen LogP contribution in [0, 0.1) is 17.2 Å². The van der Waals surface area contributed by atoms with Gasteiger partial charge in [-0.05, 0) is 36.8 Å². The number of amides is 1. The lowest BCUT2D eigenvalue weighted by atomic mass is 10.1. The van der Waals surface area contributed by atoms with E-state index in [0.717, 1.165) is 25.9 Å². The molecule has 1 heterocycles. The number of aromatic amines is 1. The molecule has 2 N–H and O–H groups in total. The van der Waals surface area contributed by atoms with Gasteiger partial charge in [0.1, 0.15) is 5.49 Å². The normalized spacial score (nSPS) is 11.1. The molecule has 1 amide bonds. The van der Waals surface area contributed by atoms with E-state index in [9.17, 15) is 4.79 Å². The number of nitrogens with one attached hydrogen (secondary N) is 2. The van der Waals surface area contributed by atoms with E-state index in [1.807, 2.05) is 4.90 Å². The molecule has 0 aliphatic rings. The summed E-state index contributed by atoms with van der Waals surface area (Å²) in [6, 6.07) is 3.34. The van der Waals surface area contributed by atoms with Gasteiger partial charge in [0, 0.05) is 19.3 Å². The van der Waals surface area contributed by atoms with Crippen molar-refractivity contribution in [3.8, 4) is 0 Å². The maximum Gasteiger partial charge on any atom is 0.255 e. The average Bonchev–Trinajstić information content (AvgIpc) is 2.38. The Labute approximate surface area is 121 Å². The van der Waals surface area contributed by atoms with E-state index in [1.54, 1.807) is 18.3 Å². The van der Waals surface area contributed by atoms with Crippen LogP contribution in [0.2, 0.25) is 0 Å². The van der Waals surface area contributed by atoms with Crippen molar-refractivity contribution in [1.82, 2.24) is 9.88 Å². The lowest BCUT2D eigenvalue weighted by Crippen LogP contribution is -2.34. The van der Waals surface area contributed by atoms with E-state index in [0.29, 0.717) is 22.9 Å². The van der Waals surface area contributed by atoms with Gasteiger partial charge in [-0.3, -0.25) is 10.2 Å². The Bertz CT molecular complexity index is 444. The molecule has 1 aromatic rings. The molecule has 0 aromatic carbocycles. The van der Waals surface area contributed by atoms with E-state index in [4.69, 9.17) is 5.41 Å². The molecule has 0 unspecified atom stereocenters. The minimum absolute atomic E-state index is 0.0579. The van der Waals surface area contributed by atoms with Crippen LogP contribution in [0.3, 0.4) is 0 Å². The third kappa shape index (κ3) is 5.59. The number of carbonyl (C=O) groups is 1. The number of rotatable bonds is 7. The van der Waals surface area contributed by atoms with Gasteiger partial charge in [0.15, 0.2) is 0 Å². The summed E-state index contributed by atoms with van der Waals surface area (Å²) in [4.78, 5) is 17.2. The van der Waals surface area contributed by atoms with Crippen molar-refractivity contribution in [1.29, 1.82) is 5.41 Å². The summed E-state index contributed by atoms with van der Waals surface area (Å²) >= 11 is 0. The van der Waals surface area contributed by atoms with Gasteiger partial charge in [-0.25, -0.2) is 0 Å². The number of hydrogen-bond donors (Lipinski definition) is 2. The summed E-state index contributed by atoms with van der Waals surface area (Å²) in [6.07, 6.45) is 3.66. The fourth-order valence-corrected chi connectivity index (χ4v) is 1.88. The molecule has 4 heteroatoms. The van der Waals surface area contributed by atoms with Gasteiger partial charge in [-0.1, -0.05) is 27.7 Å². The fraction of sp³-hybridized carbons (Fsp3) is 0.625. The first kappa shape index (κ1) is 16.5. The Balaban J connectivity index is 2.76. The van der Waals surface area contributed by atoms with E-state index in [-0.39, 0.29) is 5.91 Å². The van der Waals surface area contributed by atoms with Crippen molar-refractivity contribution in [2.45, 2.75) is 40.5 Å². The van der Waals surface area contributed by atoms with Crippen LogP contribution in [0.15, 0.2) is 18.3 Å². The van der Waals surface area contributed by atoms with Crippen molar-refractivity contribution in [2.75, 3.05) is 13.1 Å². The molecular weight excluding hydrogens is 250 g/mol. The van der Waals surface area contributed by atoms with Crippen molar-refractivity contribution < 1.29 is 4.79 Å². The second-order valence-electron chi connectivity index (χ2n) is 6.15. The highest BCUT2D eigenvalue weighted by molar-refractivity contribution is 5.93. The van der Waals surface area contributed by atoms with Gasteiger partial charge in [0.05, 0.1) is 5.56 Å². The zero-order valence-electron chi connectivity index (χ0n) is 13.1. The maximum atomic E-state index is 12.5. The molecule has 0 spiro atoms. The van der Waals surface area contributed by atoms with E-state index in [1.165, 1.54) is 0 Å². The summed E-state index contributed by atoms with van der Waals surface area (Å²) in [5.41, 5.74) is 0.950. The number of nitrogens with zero attached hydrogens (tertiary/aromatic N) is 1. The zero-order valence-corrected chi connectivity index (χ0v) is 13.1. The quantitative estimate of drug-likeness (QED) is 0.790. The highest BCUT2D eigenvalue weighted by Gasteiger charge is 2.16. The van der Waals surface area contributed by atoms with Crippen LogP contribution in [0.5, 0.6) is 0 Å². The van der Waals surface area contributed by atoms with Crippen molar-refractivity contribution in [3.05, 3.63) is 29.4 Å². The molecule has 0 atom stereocenters. The van der Waals surface area contributed by atoms with Crippen LogP contribution in [0.4, 0.5) is 0 Å². The molecule has 0 fully saturated rings. The highest BCUT2D eigenvalue weighted by Crippen LogP contribution is 2.10. The molecule has 0 radical (unpaired) electrons. The monoisotopic (exact) mass is 277 g/mol. The molecule has 0 aliphatic heterocycles. The summed E-state index contributed by atoms with van der Waals surface area (Å²) < 4.78 is 0. The minimum Gasteiger partial charge on any atom is -0.346 e. The lowest BCUT2D eigenvalue weighted by molar-refractivity contribution is 0.0740. The molecular formula is C16H27N3O. The molecule has 0 saturated carbocycles. The second kappa shape index (κ2) is 7.88. The molecule has 20 heavy (non-hydrogen) atoms. The van der Waals surface area contributed by atoms with E-state index >= 15 is 0 Å². The van der Waals surface area contributed by atoms with Crippen LogP contribution < -0.4 is 5.49 Å². The smallest absolute Gasteiger partial charge is 0.255 e. The first-order chi connectivity index (χ1) is 9.40. The summed E-state index contributed by atoms with van der Waals surface area (Å²) in [6.45, 7) is 10.3. The van der Waals surface area contributed by atoms with E-state index in [2.05, 4.69) is 32.7 Å². The van der Waals surface area contributed by atoms with Crippen LogP contribution in [-0.4, -0.2) is 28.9 Å². The van der Waals surface area contributed by atoms with Crippen LogP contribution in [0.1, 0.15) is 50.9 Å². The van der Waals surface area contributed by atoms with Gasteiger partial charge in [0.2, 0.25) is 0 Å². The van der Waals surface area contributed by atoms with Gasteiger partial charge >= 0.3 is 0 Å². The zero-order chi connectivity index (χ0) is 15.1. The number of hydrogen-bond acceptors (Lipinski definition) is 2. The standard InChI is InChI=1S/C16H27N3O/c1-12(2)7-9-19(10-8-13(3)4)16(20)14-5-6-15(17)18-11-14/h5-6,11-13H,7-10H2,1-4H3,(H2,17,18). The van der Waals surface area contributed by atoms with Gasteiger partial charge in [-0.2, -0.15) is 0 Å². The summed E-state index contributed by atoms with van der Waals surface area (Å²) in [5, 5.41) is 7.43. The average molecular weight is 277 g/mol. The first-order valence-electron chi connectivity index (χ1n) is 7.42. The number of aromatic nitrogens is 1. The summed E-state index contributed by atoms with van der Waals surface area (Å²) in [5.74, 6) is 1.24. The SMILES string of the molecule is CC(C)CCN(CCC(C)C)C(=O)c1ccc(=N)[nH]c1. The van der Waals surface area contributed by atoms with E-state index < -0.39 is 0 Å². The van der Waals surface area contributed by atoms with Crippen molar-refractivity contribution in [2.24, 2.45) is 11.8 Å². The number of H-pyrrole nitrogens is 1. The Hall–Kier alpha value is -1.58. The van der Waals surface area contributed by atoms with Gasteiger partial charge in [-0.15, -0.1) is 0 Å². The molecule has 0 aliphatic carbocycles. The van der Waals surface area contributed by atoms with Gasteiger partial charge < -0.3 is 9.88 Å². The molecule has 0 saturated heterocycles. The van der Waals surface area contributed by atoms with Crippen LogP contribution in [-0.2, 0) is 0 Å². The Morgan fingerprint density at radius 3 is 2.10 bits per heavy atom. The molecule has 4 nitrogen and oxygen atoms in total. The largest absolute Gasteiger partial charge is 0.346 e. The molecule has 112 valence electrons. The number of carbonyl (C=O) groups excluding carboxylic acids is 1. The Kier molecular flexibility index (Phi) is 6.49. The minimum atomic E-state index is 0.0579. The predicted molar refractivity (Wildman–Crippen MR) is 81.5 cm³/mol. The van der Waals surface area contributed by atoms with Crippen molar-refractivity contribution in [3.63, 3.8) is 0 Å². The molecule has 1 rings (SSSR count). The maximum absolute atomic E-state index is 12.5. The molecule has 0 bridgehead atoms. The van der Waals surface area contributed by atoms with Crippen molar-refractivity contribution >= 4 is 5.91 Å². The Morgan fingerprint density at radius 2 is 1.70 bits per heavy atom. The highest BCUT2D eigenvalue weighted by atomic mass is 16.2. The first-order valence-corrected chi connectivity index (χ1v) is 7.42. The number of pyridine rings is 1. The topological polar surface area (TPSA) is 60.0 Å². The van der Waals surface area contributed by atoms with Crippen LogP contribution >= 0.6 is 0 Å².